The summed E-state index contributed by atoms with van der Waals surface area (Å²) in [5.41, 5.74) is 0.231. The number of amides is 1. The predicted octanol–water partition coefficient (Wildman–Crippen LogP) is 4.76. The summed E-state index contributed by atoms with van der Waals surface area (Å²) in [5.74, 6) is -1.95. The number of alkyl halides is 3. The van der Waals surface area contributed by atoms with Crippen molar-refractivity contribution in [2.24, 2.45) is 0 Å². The van der Waals surface area contributed by atoms with Crippen LogP contribution < -0.4 is 14.8 Å². The second-order valence-electron chi connectivity index (χ2n) is 6.90. The standard InChI is InChI=1S/C22H18F4N2O4S/c1-14-10-11-16(33(30,31)28-19-8-4-3-7-18(19)23)12-17(14)21(29)27-13-15-6-2-5-9-20(15)32-22(24,25)26/h2-12,28H,13H2,1H3,(H,27,29). The van der Waals surface area contributed by atoms with Crippen molar-refractivity contribution in [2.45, 2.75) is 24.7 Å². The molecular weight excluding hydrogens is 464 g/mol. The first-order chi connectivity index (χ1) is 15.5. The lowest BCUT2D eigenvalue weighted by molar-refractivity contribution is -0.274. The summed E-state index contributed by atoms with van der Waals surface area (Å²) in [5, 5.41) is 2.46. The maximum absolute atomic E-state index is 13.8. The summed E-state index contributed by atoms with van der Waals surface area (Å²) in [7, 11) is -4.22. The SMILES string of the molecule is Cc1ccc(S(=O)(=O)Nc2ccccc2F)cc1C(=O)NCc1ccccc1OC(F)(F)F. The number of hydrogen-bond acceptors (Lipinski definition) is 4. The molecule has 33 heavy (non-hydrogen) atoms. The number of aryl methyl sites for hydroxylation is 1. The lowest BCUT2D eigenvalue weighted by Crippen LogP contribution is -2.25. The van der Waals surface area contributed by atoms with Gasteiger partial charge in [0, 0.05) is 17.7 Å². The highest BCUT2D eigenvalue weighted by molar-refractivity contribution is 7.92. The van der Waals surface area contributed by atoms with Gasteiger partial charge in [-0.25, -0.2) is 12.8 Å². The summed E-state index contributed by atoms with van der Waals surface area (Å²) >= 11 is 0. The number of rotatable bonds is 7. The Morgan fingerprint density at radius 1 is 1.00 bits per heavy atom. The molecule has 0 heterocycles. The third-order valence-electron chi connectivity index (χ3n) is 4.52. The zero-order valence-corrected chi connectivity index (χ0v) is 17.9. The quantitative estimate of drug-likeness (QED) is 0.476. The van der Waals surface area contributed by atoms with Crippen LogP contribution in [0.1, 0.15) is 21.5 Å². The number of benzene rings is 3. The van der Waals surface area contributed by atoms with Gasteiger partial charge in [0.2, 0.25) is 0 Å². The number of anilines is 1. The zero-order chi connectivity index (χ0) is 24.2. The van der Waals surface area contributed by atoms with Crippen molar-refractivity contribution >= 4 is 21.6 Å². The van der Waals surface area contributed by atoms with Gasteiger partial charge in [-0.1, -0.05) is 36.4 Å². The van der Waals surface area contributed by atoms with Gasteiger partial charge in [0.1, 0.15) is 11.6 Å². The van der Waals surface area contributed by atoms with E-state index in [1.54, 1.807) is 6.92 Å². The Labute approximate surface area is 187 Å². The smallest absolute Gasteiger partial charge is 0.405 e. The largest absolute Gasteiger partial charge is 0.573 e. The highest BCUT2D eigenvalue weighted by Crippen LogP contribution is 2.26. The molecule has 2 N–H and O–H groups in total. The summed E-state index contributed by atoms with van der Waals surface area (Å²) < 4.78 is 83.0. The second-order valence-corrected chi connectivity index (χ2v) is 8.58. The van der Waals surface area contributed by atoms with E-state index in [2.05, 4.69) is 14.8 Å². The minimum absolute atomic E-state index is 0.0133. The van der Waals surface area contributed by atoms with E-state index in [9.17, 15) is 30.8 Å². The third-order valence-corrected chi connectivity index (χ3v) is 5.88. The molecule has 0 aromatic heterocycles. The Kier molecular flexibility index (Phi) is 6.92. The molecule has 0 saturated carbocycles. The van der Waals surface area contributed by atoms with Crippen LogP contribution in [-0.4, -0.2) is 20.7 Å². The maximum Gasteiger partial charge on any atom is 0.573 e. The van der Waals surface area contributed by atoms with Crippen LogP contribution in [-0.2, 0) is 16.6 Å². The Hall–Kier alpha value is -3.60. The molecule has 1 amide bonds. The predicted molar refractivity (Wildman–Crippen MR) is 113 cm³/mol. The molecule has 3 aromatic rings. The van der Waals surface area contributed by atoms with Crippen LogP contribution in [0.25, 0.3) is 0 Å². The molecule has 0 saturated heterocycles. The Morgan fingerprint density at radius 2 is 1.67 bits per heavy atom. The van der Waals surface area contributed by atoms with Gasteiger partial charge in [-0.3, -0.25) is 9.52 Å². The Bertz CT molecular complexity index is 1280. The van der Waals surface area contributed by atoms with E-state index in [0.717, 1.165) is 18.2 Å². The topological polar surface area (TPSA) is 84.5 Å². The van der Waals surface area contributed by atoms with Crippen molar-refractivity contribution in [3.8, 4) is 5.75 Å². The lowest BCUT2D eigenvalue weighted by Gasteiger charge is -2.15. The molecule has 174 valence electrons. The number of sulfonamides is 1. The van der Waals surface area contributed by atoms with Gasteiger partial charge in [0.05, 0.1) is 10.6 Å². The van der Waals surface area contributed by atoms with Gasteiger partial charge in [0.15, 0.2) is 0 Å². The molecule has 0 fully saturated rings. The summed E-state index contributed by atoms with van der Waals surface area (Å²) in [6.45, 7) is 1.27. The fraction of sp³-hybridized carbons (Fsp3) is 0.136. The highest BCUT2D eigenvalue weighted by atomic mass is 32.2. The van der Waals surface area contributed by atoms with Crippen LogP contribution in [0.15, 0.2) is 71.6 Å². The maximum atomic E-state index is 13.8. The van der Waals surface area contributed by atoms with E-state index in [1.165, 1.54) is 48.5 Å². The van der Waals surface area contributed by atoms with Crippen molar-refractivity contribution < 1.29 is 35.5 Å². The average Bonchev–Trinajstić information content (AvgIpc) is 2.73. The molecule has 0 aliphatic carbocycles. The van der Waals surface area contributed by atoms with Crippen molar-refractivity contribution in [3.63, 3.8) is 0 Å². The van der Waals surface area contributed by atoms with Crippen LogP contribution in [0, 0.1) is 12.7 Å². The lowest BCUT2D eigenvalue weighted by atomic mass is 10.1. The Balaban J connectivity index is 1.80. The summed E-state index contributed by atoms with van der Waals surface area (Å²) in [4.78, 5) is 12.4. The monoisotopic (exact) mass is 482 g/mol. The molecular formula is C22H18F4N2O4S. The van der Waals surface area contributed by atoms with Crippen LogP contribution >= 0.6 is 0 Å². The average molecular weight is 482 g/mol. The minimum Gasteiger partial charge on any atom is -0.405 e. The first-order valence-electron chi connectivity index (χ1n) is 9.46. The number of halogens is 4. The third kappa shape index (κ3) is 6.22. The molecule has 3 aromatic carbocycles. The molecule has 6 nitrogen and oxygen atoms in total. The number of hydrogen-bond donors (Lipinski definition) is 2. The van der Waals surface area contributed by atoms with E-state index in [1.807, 2.05) is 0 Å². The zero-order valence-electron chi connectivity index (χ0n) is 17.1. The number of nitrogens with one attached hydrogen (secondary N) is 2. The van der Waals surface area contributed by atoms with Crippen molar-refractivity contribution in [2.75, 3.05) is 4.72 Å². The fourth-order valence-corrected chi connectivity index (χ4v) is 4.00. The molecule has 0 aliphatic rings. The van der Waals surface area contributed by atoms with Crippen LogP contribution in [0.4, 0.5) is 23.2 Å². The van der Waals surface area contributed by atoms with Gasteiger partial charge in [-0.05, 0) is 42.8 Å². The van der Waals surface area contributed by atoms with Gasteiger partial charge < -0.3 is 10.1 Å². The van der Waals surface area contributed by atoms with Crippen LogP contribution in [0.5, 0.6) is 5.75 Å². The van der Waals surface area contributed by atoms with Crippen LogP contribution in [0.3, 0.4) is 0 Å². The van der Waals surface area contributed by atoms with E-state index in [-0.39, 0.29) is 28.3 Å². The molecule has 0 atom stereocenters. The van der Waals surface area contributed by atoms with E-state index in [0.29, 0.717) is 5.56 Å². The Morgan fingerprint density at radius 3 is 2.36 bits per heavy atom. The number of carbonyl (C=O) groups excluding carboxylic acids is 1. The van der Waals surface area contributed by atoms with Crippen LogP contribution in [0.2, 0.25) is 0 Å². The molecule has 0 radical (unpaired) electrons. The van der Waals surface area contributed by atoms with Crippen molar-refractivity contribution in [1.29, 1.82) is 0 Å². The molecule has 3 rings (SSSR count). The molecule has 0 aliphatic heterocycles. The van der Waals surface area contributed by atoms with Crippen molar-refractivity contribution in [1.82, 2.24) is 5.32 Å². The van der Waals surface area contributed by atoms with Gasteiger partial charge in [-0.2, -0.15) is 0 Å². The normalized spacial score (nSPS) is 11.7. The van der Waals surface area contributed by atoms with Gasteiger partial charge in [0.25, 0.3) is 15.9 Å². The molecule has 11 heteroatoms. The molecule has 0 bridgehead atoms. The highest BCUT2D eigenvalue weighted by Gasteiger charge is 2.32. The van der Waals surface area contributed by atoms with Crippen molar-refractivity contribution in [3.05, 3.63) is 89.2 Å². The van der Waals surface area contributed by atoms with E-state index >= 15 is 0 Å². The minimum atomic E-state index is -4.90. The molecule has 0 unspecified atom stereocenters. The first-order valence-corrected chi connectivity index (χ1v) is 10.9. The summed E-state index contributed by atoms with van der Waals surface area (Å²) in [6.07, 6.45) is -4.90. The molecule has 0 spiro atoms. The second kappa shape index (κ2) is 9.49. The fourth-order valence-electron chi connectivity index (χ4n) is 2.91. The van der Waals surface area contributed by atoms with Gasteiger partial charge >= 0.3 is 6.36 Å². The first kappa shape index (κ1) is 24.1. The number of ether oxygens (including phenoxy) is 1. The van der Waals surface area contributed by atoms with E-state index < -0.39 is 33.9 Å². The summed E-state index contributed by atoms with van der Waals surface area (Å²) in [6, 6.07) is 14.2. The van der Waals surface area contributed by atoms with Gasteiger partial charge in [-0.15, -0.1) is 13.2 Å². The number of carbonyl (C=O) groups is 1. The van der Waals surface area contributed by atoms with E-state index in [4.69, 9.17) is 0 Å². The number of para-hydroxylation sites is 2.